The Bertz CT molecular complexity index is 457. The third-order valence-electron chi connectivity index (χ3n) is 3.60. The minimum absolute atomic E-state index is 0.678. The van der Waals surface area contributed by atoms with Crippen molar-refractivity contribution < 1.29 is 4.74 Å². The number of anilines is 1. The summed E-state index contributed by atoms with van der Waals surface area (Å²) in [6.07, 6.45) is 2.41. The standard InChI is InChI=1S/C19H34N4O/c1-5-20-19(22-12-6-7-16(2)3)23-15-17-8-10-18(11-9-17)21-13-14-24-4/h8-11,16,21H,5-7,12-15H2,1-4H3,(H2,20,22,23). The van der Waals surface area contributed by atoms with Gasteiger partial charge in [-0.05, 0) is 43.4 Å². The molecule has 0 aliphatic carbocycles. The van der Waals surface area contributed by atoms with Crippen LogP contribution in [0.5, 0.6) is 0 Å². The zero-order valence-electron chi connectivity index (χ0n) is 15.7. The van der Waals surface area contributed by atoms with Gasteiger partial charge in [-0.25, -0.2) is 4.99 Å². The van der Waals surface area contributed by atoms with E-state index in [1.807, 2.05) is 0 Å². The smallest absolute Gasteiger partial charge is 0.191 e. The van der Waals surface area contributed by atoms with Crippen LogP contribution in [0.3, 0.4) is 0 Å². The first-order valence-corrected chi connectivity index (χ1v) is 8.99. The van der Waals surface area contributed by atoms with E-state index in [4.69, 9.17) is 4.74 Å². The van der Waals surface area contributed by atoms with Crippen molar-refractivity contribution in [1.82, 2.24) is 10.6 Å². The highest BCUT2D eigenvalue weighted by molar-refractivity contribution is 5.79. The van der Waals surface area contributed by atoms with E-state index in [9.17, 15) is 0 Å². The summed E-state index contributed by atoms with van der Waals surface area (Å²) < 4.78 is 5.03. The number of ether oxygens (including phenoxy) is 1. The minimum atomic E-state index is 0.678. The van der Waals surface area contributed by atoms with Crippen molar-refractivity contribution in [3.8, 4) is 0 Å². The van der Waals surface area contributed by atoms with E-state index < -0.39 is 0 Å². The summed E-state index contributed by atoms with van der Waals surface area (Å²) >= 11 is 0. The van der Waals surface area contributed by atoms with Gasteiger partial charge in [-0.2, -0.15) is 0 Å². The lowest BCUT2D eigenvalue weighted by Gasteiger charge is -2.12. The molecule has 1 aromatic carbocycles. The monoisotopic (exact) mass is 334 g/mol. The van der Waals surface area contributed by atoms with Crippen molar-refractivity contribution in [2.75, 3.05) is 38.7 Å². The molecule has 0 unspecified atom stereocenters. The third-order valence-corrected chi connectivity index (χ3v) is 3.60. The van der Waals surface area contributed by atoms with Crippen LogP contribution in [0.1, 0.15) is 39.2 Å². The second-order valence-electron chi connectivity index (χ2n) is 6.27. The SMILES string of the molecule is CCNC(=NCc1ccc(NCCOC)cc1)NCCCC(C)C. The highest BCUT2D eigenvalue weighted by Crippen LogP contribution is 2.10. The molecule has 0 aliphatic heterocycles. The maximum Gasteiger partial charge on any atom is 0.191 e. The molecule has 136 valence electrons. The number of nitrogens with one attached hydrogen (secondary N) is 3. The quantitative estimate of drug-likeness (QED) is 0.330. The Morgan fingerprint density at radius 2 is 1.88 bits per heavy atom. The summed E-state index contributed by atoms with van der Waals surface area (Å²) in [7, 11) is 1.71. The van der Waals surface area contributed by atoms with Crippen molar-refractivity contribution in [3.63, 3.8) is 0 Å². The molecule has 0 saturated heterocycles. The maximum atomic E-state index is 5.03. The molecule has 0 aromatic heterocycles. The van der Waals surface area contributed by atoms with Gasteiger partial charge in [0.1, 0.15) is 0 Å². The first kappa shape index (κ1) is 20.3. The fraction of sp³-hybridized carbons (Fsp3) is 0.632. The molecule has 0 atom stereocenters. The van der Waals surface area contributed by atoms with Gasteiger partial charge in [-0.15, -0.1) is 0 Å². The Morgan fingerprint density at radius 1 is 1.12 bits per heavy atom. The summed E-state index contributed by atoms with van der Waals surface area (Å²) in [4.78, 5) is 4.66. The van der Waals surface area contributed by atoms with E-state index in [1.54, 1.807) is 7.11 Å². The predicted molar refractivity (Wildman–Crippen MR) is 104 cm³/mol. The fourth-order valence-corrected chi connectivity index (χ4v) is 2.25. The molecule has 0 bridgehead atoms. The average molecular weight is 335 g/mol. The minimum Gasteiger partial charge on any atom is -0.383 e. The molecule has 0 amide bonds. The van der Waals surface area contributed by atoms with E-state index in [1.165, 1.54) is 18.4 Å². The second kappa shape index (κ2) is 12.6. The third kappa shape index (κ3) is 9.40. The van der Waals surface area contributed by atoms with Gasteiger partial charge in [0.15, 0.2) is 5.96 Å². The molecule has 5 nitrogen and oxygen atoms in total. The Morgan fingerprint density at radius 3 is 2.50 bits per heavy atom. The number of rotatable bonds is 11. The molecule has 3 N–H and O–H groups in total. The summed E-state index contributed by atoms with van der Waals surface area (Å²) in [5.74, 6) is 1.64. The Kier molecular flexibility index (Phi) is 10.7. The Labute approximate surface area is 147 Å². The molecule has 1 rings (SSSR count). The van der Waals surface area contributed by atoms with Crippen LogP contribution in [0.15, 0.2) is 29.3 Å². The molecule has 0 fully saturated rings. The molecule has 0 saturated carbocycles. The second-order valence-corrected chi connectivity index (χ2v) is 6.27. The van der Waals surface area contributed by atoms with Crippen molar-refractivity contribution in [1.29, 1.82) is 0 Å². The highest BCUT2D eigenvalue weighted by Gasteiger charge is 1.99. The zero-order valence-corrected chi connectivity index (χ0v) is 15.7. The van der Waals surface area contributed by atoms with Crippen LogP contribution in [0.2, 0.25) is 0 Å². The number of hydrogen-bond donors (Lipinski definition) is 3. The topological polar surface area (TPSA) is 57.7 Å². The van der Waals surface area contributed by atoms with E-state index in [0.29, 0.717) is 13.2 Å². The zero-order chi connectivity index (χ0) is 17.6. The van der Waals surface area contributed by atoms with E-state index in [-0.39, 0.29) is 0 Å². The summed E-state index contributed by atoms with van der Waals surface area (Å²) in [5.41, 5.74) is 2.31. The van der Waals surface area contributed by atoms with E-state index >= 15 is 0 Å². The van der Waals surface area contributed by atoms with Crippen molar-refractivity contribution in [3.05, 3.63) is 29.8 Å². The summed E-state index contributed by atoms with van der Waals surface area (Å²) in [6, 6.07) is 8.40. The molecule has 0 radical (unpaired) electrons. The molecular weight excluding hydrogens is 300 g/mol. The van der Waals surface area contributed by atoms with Crippen molar-refractivity contribution >= 4 is 11.6 Å². The van der Waals surface area contributed by atoms with E-state index in [2.05, 4.69) is 66.0 Å². The molecule has 0 spiro atoms. The Balaban J connectivity index is 2.43. The predicted octanol–water partition coefficient (Wildman–Crippen LogP) is 3.24. The largest absolute Gasteiger partial charge is 0.383 e. The number of benzene rings is 1. The van der Waals surface area contributed by atoms with Gasteiger partial charge in [0.25, 0.3) is 0 Å². The molecule has 0 heterocycles. The van der Waals surface area contributed by atoms with Crippen molar-refractivity contribution in [2.45, 2.75) is 40.2 Å². The lowest BCUT2D eigenvalue weighted by Crippen LogP contribution is -2.37. The van der Waals surface area contributed by atoms with Gasteiger partial charge >= 0.3 is 0 Å². The van der Waals surface area contributed by atoms with Crippen LogP contribution in [0, 0.1) is 5.92 Å². The van der Waals surface area contributed by atoms with Gasteiger partial charge in [0.05, 0.1) is 13.2 Å². The molecule has 5 heteroatoms. The number of hydrogen-bond acceptors (Lipinski definition) is 3. The van der Waals surface area contributed by atoms with Crippen LogP contribution >= 0.6 is 0 Å². The van der Waals surface area contributed by atoms with Crippen LogP contribution in [-0.2, 0) is 11.3 Å². The van der Waals surface area contributed by atoms with Gasteiger partial charge in [-0.1, -0.05) is 26.0 Å². The molecular formula is C19H34N4O. The van der Waals surface area contributed by atoms with Crippen LogP contribution in [-0.4, -0.2) is 39.3 Å². The van der Waals surface area contributed by atoms with Crippen LogP contribution < -0.4 is 16.0 Å². The number of methoxy groups -OCH3 is 1. The van der Waals surface area contributed by atoms with Gasteiger partial charge in [0, 0.05) is 32.4 Å². The number of nitrogens with zero attached hydrogens (tertiary/aromatic N) is 1. The van der Waals surface area contributed by atoms with Crippen LogP contribution in [0.25, 0.3) is 0 Å². The van der Waals surface area contributed by atoms with Gasteiger partial charge < -0.3 is 20.7 Å². The number of guanidine groups is 1. The number of aliphatic imine (C=N–C) groups is 1. The van der Waals surface area contributed by atoms with Crippen LogP contribution in [0.4, 0.5) is 5.69 Å². The fourth-order valence-electron chi connectivity index (χ4n) is 2.25. The summed E-state index contributed by atoms with van der Waals surface area (Å²) in [5, 5.41) is 10.0. The van der Waals surface area contributed by atoms with Crippen molar-refractivity contribution in [2.24, 2.45) is 10.9 Å². The van der Waals surface area contributed by atoms with E-state index in [0.717, 1.165) is 37.2 Å². The molecule has 24 heavy (non-hydrogen) atoms. The normalized spacial score (nSPS) is 11.6. The molecule has 1 aromatic rings. The first-order chi connectivity index (χ1) is 11.7. The lowest BCUT2D eigenvalue weighted by atomic mass is 10.1. The summed E-state index contributed by atoms with van der Waals surface area (Å²) in [6.45, 7) is 10.6. The highest BCUT2D eigenvalue weighted by atomic mass is 16.5. The maximum absolute atomic E-state index is 5.03. The lowest BCUT2D eigenvalue weighted by molar-refractivity contribution is 0.211. The van der Waals surface area contributed by atoms with Gasteiger partial charge in [-0.3, -0.25) is 0 Å². The van der Waals surface area contributed by atoms with Gasteiger partial charge in [0.2, 0.25) is 0 Å². The average Bonchev–Trinajstić information content (AvgIpc) is 2.57. The molecule has 0 aliphatic rings. The Hall–Kier alpha value is -1.75. The first-order valence-electron chi connectivity index (χ1n) is 8.99.